The minimum Gasteiger partial charge on any atom is -0.393 e. The van der Waals surface area contributed by atoms with Crippen LogP contribution in [-0.2, 0) is 23.8 Å². The summed E-state index contributed by atoms with van der Waals surface area (Å²) in [6.07, 6.45) is 7.98. The fourth-order valence-electron chi connectivity index (χ4n) is 10.2. The van der Waals surface area contributed by atoms with E-state index in [-0.39, 0.29) is 40.8 Å². The van der Waals surface area contributed by atoms with Gasteiger partial charge in [-0.3, -0.25) is 9.59 Å². The average Bonchev–Trinajstić information content (AvgIpc) is 3.41. The molecule has 47 heavy (non-hydrogen) atoms. The fourth-order valence-corrected chi connectivity index (χ4v) is 10.4. The number of carbonyl (C=O) groups is 2. The first-order valence-corrected chi connectivity index (χ1v) is 19.9. The van der Waals surface area contributed by atoms with Crippen molar-refractivity contribution in [2.75, 3.05) is 57.2 Å². The first kappa shape index (κ1) is 39.2. The van der Waals surface area contributed by atoms with Crippen molar-refractivity contribution in [1.29, 1.82) is 0 Å². The summed E-state index contributed by atoms with van der Waals surface area (Å²) in [6.45, 7) is 11.3. The van der Waals surface area contributed by atoms with E-state index in [9.17, 15) is 24.9 Å². The van der Waals surface area contributed by atoms with E-state index in [0.29, 0.717) is 93.2 Å². The Morgan fingerprint density at radius 2 is 1.45 bits per heavy atom. The number of hydrogen-bond acceptors (Lipinski definition) is 8. The molecule has 2 amide bonds. The fraction of sp³-hybridized carbons (Fsp3) is 0.944. The standard InChI is InChI=1S/C36H63IN2O8/c1-24(6-9-32(43)38-12-4-14-45-16-18-47-19-17-46-15-5-13-39-33(44)23-37)27-7-8-28-34-29(22-31(42)36(27,28)3)35(2)11-10-26(40)20-25(35)21-30(34)41/h24-31,34,40-42H,4-23H2,1-3H3,(H,38,43)(H,39,44)/t24-,25?,26-,27-,28+,29+,30?,31+,34?,35+,36-/m1/s1. The van der Waals surface area contributed by atoms with Gasteiger partial charge in [-0.05, 0) is 111 Å². The van der Waals surface area contributed by atoms with Crippen molar-refractivity contribution in [3.05, 3.63) is 0 Å². The minimum atomic E-state index is -0.400. The molecule has 0 saturated heterocycles. The van der Waals surface area contributed by atoms with Crippen molar-refractivity contribution in [2.24, 2.45) is 46.3 Å². The van der Waals surface area contributed by atoms with E-state index >= 15 is 0 Å². The van der Waals surface area contributed by atoms with Gasteiger partial charge in [-0.1, -0.05) is 43.4 Å². The second-order valence-corrected chi connectivity index (χ2v) is 16.2. The SMILES string of the molecule is C[C@H](CCC(=O)NCCCOCCOCCOCCCNC(=O)CI)[C@H]1CC[C@H]2C3C(O)CC4C[C@H](O)CC[C@]4(C)[C@H]3C[C@H](O)[C@]12C. The van der Waals surface area contributed by atoms with Crippen molar-refractivity contribution in [1.82, 2.24) is 10.6 Å². The molecule has 0 aromatic carbocycles. The summed E-state index contributed by atoms with van der Waals surface area (Å²) >= 11 is 2.04. The normalized spacial score (nSPS) is 37.0. The molecule has 0 aromatic rings. The molecule has 0 aromatic heterocycles. The predicted molar refractivity (Wildman–Crippen MR) is 189 cm³/mol. The lowest BCUT2D eigenvalue weighted by atomic mass is 9.43. The van der Waals surface area contributed by atoms with Gasteiger partial charge in [0, 0.05) is 32.7 Å². The third kappa shape index (κ3) is 9.82. The van der Waals surface area contributed by atoms with E-state index in [1.807, 2.05) is 22.6 Å². The predicted octanol–water partition coefficient (Wildman–Crippen LogP) is 3.86. The lowest BCUT2D eigenvalue weighted by Gasteiger charge is -2.63. The maximum atomic E-state index is 12.7. The van der Waals surface area contributed by atoms with Crippen molar-refractivity contribution < 1.29 is 39.1 Å². The summed E-state index contributed by atoms with van der Waals surface area (Å²) in [7, 11) is 0. The second kappa shape index (κ2) is 18.6. The van der Waals surface area contributed by atoms with Gasteiger partial charge in [0.25, 0.3) is 0 Å². The van der Waals surface area contributed by atoms with Crippen LogP contribution in [0.15, 0.2) is 0 Å². The number of halogens is 1. The molecule has 4 aliphatic carbocycles. The topological polar surface area (TPSA) is 147 Å². The molecule has 11 heteroatoms. The smallest absolute Gasteiger partial charge is 0.229 e. The van der Waals surface area contributed by atoms with Crippen LogP contribution in [0.4, 0.5) is 0 Å². The molecule has 0 heterocycles. The Morgan fingerprint density at radius 1 is 0.830 bits per heavy atom. The molecule has 0 bridgehead atoms. The van der Waals surface area contributed by atoms with Crippen LogP contribution in [0, 0.1) is 46.3 Å². The van der Waals surface area contributed by atoms with Gasteiger partial charge in [0.05, 0.1) is 49.2 Å². The van der Waals surface area contributed by atoms with E-state index in [1.165, 1.54) is 0 Å². The molecule has 4 rings (SSSR count). The number of hydrogen-bond donors (Lipinski definition) is 5. The van der Waals surface area contributed by atoms with Crippen molar-refractivity contribution in [3.8, 4) is 0 Å². The minimum absolute atomic E-state index is 0.0466. The Labute approximate surface area is 296 Å². The van der Waals surface area contributed by atoms with Gasteiger partial charge < -0.3 is 40.2 Å². The number of amides is 2. The van der Waals surface area contributed by atoms with Crippen molar-refractivity contribution in [2.45, 2.75) is 110 Å². The largest absolute Gasteiger partial charge is 0.393 e. The van der Waals surface area contributed by atoms with E-state index < -0.39 is 6.10 Å². The molecular formula is C36H63IN2O8. The molecule has 5 N–H and O–H groups in total. The van der Waals surface area contributed by atoms with Crippen molar-refractivity contribution in [3.63, 3.8) is 0 Å². The summed E-state index contributed by atoms with van der Waals surface area (Å²) in [5, 5.41) is 39.5. The van der Waals surface area contributed by atoms with Crippen molar-refractivity contribution >= 4 is 34.4 Å². The highest BCUT2D eigenvalue weighted by atomic mass is 127. The highest BCUT2D eigenvalue weighted by molar-refractivity contribution is 14.1. The maximum Gasteiger partial charge on any atom is 0.229 e. The Morgan fingerprint density at radius 3 is 2.09 bits per heavy atom. The highest BCUT2D eigenvalue weighted by Gasteiger charge is 2.65. The summed E-state index contributed by atoms with van der Waals surface area (Å²) in [4.78, 5) is 23.8. The number of alkyl halides is 1. The second-order valence-electron chi connectivity index (χ2n) is 15.4. The Kier molecular flexibility index (Phi) is 15.5. The van der Waals surface area contributed by atoms with Gasteiger partial charge >= 0.3 is 0 Å². The van der Waals surface area contributed by atoms with Gasteiger partial charge in [-0.15, -0.1) is 0 Å². The molecule has 4 fully saturated rings. The lowest BCUT2D eigenvalue weighted by Crippen LogP contribution is -2.62. The third-order valence-corrected chi connectivity index (χ3v) is 13.5. The quantitative estimate of drug-likeness (QED) is 0.0756. The molecule has 11 atom stereocenters. The highest BCUT2D eigenvalue weighted by Crippen LogP contribution is 2.68. The average molecular weight is 779 g/mol. The number of aliphatic hydroxyl groups excluding tert-OH is 3. The number of ether oxygens (including phenoxy) is 3. The van der Waals surface area contributed by atoms with E-state index in [4.69, 9.17) is 14.2 Å². The molecule has 3 unspecified atom stereocenters. The van der Waals surface area contributed by atoms with E-state index in [2.05, 4.69) is 31.4 Å². The first-order chi connectivity index (χ1) is 22.5. The van der Waals surface area contributed by atoms with Crippen LogP contribution in [0.1, 0.15) is 91.4 Å². The summed E-state index contributed by atoms with van der Waals surface area (Å²) in [5.74, 6) is 1.91. The molecule has 10 nitrogen and oxygen atoms in total. The van der Waals surface area contributed by atoms with Crippen LogP contribution >= 0.6 is 22.6 Å². The number of fused-ring (bicyclic) bond motifs is 5. The van der Waals surface area contributed by atoms with Crippen LogP contribution < -0.4 is 10.6 Å². The molecule has 272 valence electrons. The third-order valence-electron chi connectivity index (χ3n) is 12.8. The summed E-state index contributed by atoms with van der Waals surface area (Å²) in [6, 6.07) is 0. The van der Waals surface area contributed by atoms with Gasteiger partial charge in [0.1, 0.15) is 0 Å². The van der Waals surface area contributed by atoms with Gasteiger partial charge in [-0.2, -0.15) is 0 Å². The molecular weight excluding hydrogens is 715 g/mol. The monoisotopic (exact) mass is 778 g/mol. The van der Waals surface area contributed by atoms with E-state index in [0.717, 1.165) is 64.2 Å². The zero-order valence-electron chi connectivity index (χ0n) is 29.1. The number of nitrogens with one attached hydrogen (secondary N) is 2. The zero-order valence-corrected chi connectivity index (χ0v) is 31.3. The van der Waals surface area contributed by atoms with Gasteiger partial charge in [0.2, 0.25) is 11.8 Å². The Bertz CT molecular complexity index is 991. The Hall–Kier alpha value is -0.570. The first-order valence-electron chi connectivity index (χ1n) is 18.4. The molecule has 4 aliphatic rings. The van der Waals surface area contributed by atoms with Crippen LogP contribution in [0.5, 0.6) is 0 Å². The van der Waals surface area contributed by atoms with Crippen LogP contribution in [0.25, 0.3) is 0 Å². The van der Waals surface area contributed by atoms with E-state index in [1.54, 1.807) is 0 Å². The summed E-state index contributed by atoms with van der Waals surface area (Å²) < 4.78 is 17.1. The van der Waals surface area contributed by atoms with Gasteiger partial charge in [0.15, 0.2) is 0 Å². The van der Waals surface area contributed by atoms with Crippen LogP contribution in [0.3, 0.4) is 0 Å². The molecule has 0 spiro atoms. The number of carbonyl (C=O) groups excluding carboxylic acids is 2. The summed E-state index contributed by atoms with van der Waals surface area (Å²) in [5.41, 5.74) is -0.157. The molecule has 0 aliphatic heterocycles. The molecule has 4 saturated carbocycles. The zero-order chi connectivity index (χ0) is 34.0. The van der Waals surface area contributed by atoms with Crippen LogP contribution in [0.2, 0.25) is 0 Å². The van der Waals surface area contributed by atoms with Gasteiger partial charge in [-0.25, -0.2) is 0 Å². The maximum absolute atomic E-state index is 12.7. The lowest BCUT2D eigenvalue weighted by molar-refractivity contribution is -0.207. The van der Waals surface area contributed by atoms with Crippen LogP contribution in [-0.4, -0.2) is 103 Å². The number of aliphatic hydroxyl groups is 3. The number of rotatable bonds is 19. The molecule has 0 radical (unpaired) electrons. The Balaban J connectivity index is 1.07.